The van der Waals surface area contributed by atoms with Crippen LogP contribution in [0.25, 0.3) is 10.2 Å². The van der Waals surface area contributed by atoms with E-state index in [4.69, 9.17) is 0 Å². The molecule has 3 rings (SSSR count). The Morgan fingerprint density at radius 2 is 2.06 bits per heavy atom. The number of thiophene rings is 1. The van der Waals surface area contributed by atoms with Crippen molar-refractivity contribution in [1.29, 1.82) is 0 Å². The molecule has 0 aliphatic carbocycles. The Balaban J connectivity index is 1.95. The molecule has 0 radical (unpaired) electrons. The number of benzene rings is 1. The predicted octanol–water partition coefficient (Wildman–Crippen LogP) is 4.11. The van der Waals surface area contributed by atoms with Crippen molar-refractivity contribution < 1.29 is 0 Å². The van der Waals surface area contributed by atoms with Gasteiger partial charge in [0.15, 0.2) is 0 Å². The van der Waals surface area contributed by atoms with E-state index >= 15 is 0 Å². The van der Waals surface area contributed by atoms with Crippen molar-refractivity contribution in [2.75, 3.05) is 0 Å². The molecule has 16 heavy (non-hydrogen) atoms. The van der Waals surface area contributed by atoms with E-state index in [-0.39, 0.29) is 0 Å². The summed E-state index contributed by atoms with van der Waals surface area (Å²) in [6.07, 6.45) is 1.86. The number of aromatic nitrogens is 1. The van der Waals surface area contributed by atoms with Gasteiger partial charge >= 0.3 is 0 Å². The SMILES string of the molecule is C(=Nc1nc2ccccc2s1)c1cccs1. The van der Waals surface area contributed by atoms with Crippen molar-refractivity contribution in [2.45, 2.75) is 0 Å². The van der Waals surface area contributed by atoms with E-state index in [0.29, 0.717) is 0 Å². The number of nitrogens with zero attached hydrogens (tertiary/aromatic N) is 2. The molecule has 0 N–H and O–H groups in total. The van der Waals surface area contributed by atoms with Gasteiger partial charge in [0, 0.05) is 11.1 Å². The zero-order chi connectivity index (χ0) is 10.8. The van der Waals surface area contributed by atoms with Gasteiger partial charge in [0.05, 0.1) is 10.2 Å². The third-order valence-electron chi connectivity index (χ3n) is 2.13. The zero-order valence-electron chi connectivity index (χ0n) is 8.33. The Hall–Kier alpha value is -1.52. The molecule has 0 fully saturated rings. The Labute approximate surface area is 101 Å². The lowest BCUT2D eigenvalue weighted by atomic mass is 10.3. The Bertz CT molecular complexity index is 590. The lowest BCUT2D eigenvalue weighted by Gasteiger charge is -1.81. The molecule has 4 heteroatoms. The highest BCUT2D eigenvalue weighted by molar-refractivity contribution is 7.22. The van der Waals surface area contributed by atoms with Crippen LogP contribution in [0.3, 0.4) is 0 Å². The van der Waals surface area contributed by atoms with E-state index in [9.17, 15) is 0 Å². The zero-order valence-corrected chi connectivity index (χ0v) is 9.96. The number of hydrogen-bond acceptors (Lipinski definition) is 4. The van der Waals surface area contributed by atoms with Crippen molar-refractivity contribution in [2.24, 2.45) is 4.99 Å². The normalized spacial score (nSPS) is 11.5. The minimum atomic E-state index is 0.814. The van der Waals surface area contributed by atoms with E-state index in [2.05, 4.69) is 16.0 Å². The molecule has 2 aromatic heterocycles. The Kier molecular flexibility index (Phi) is 2.52. The number of hydrogen-bond donors (Lipinski definition) is 0. The summed E-state index contributed by atoms with van der Waals surface area (Å²) in [5.41, 5.74) is 1.02. The minimum absolute atomic E-state index is 0.814. The number of aliphatic imine (C=N–C) groups is 1. The number of para-hydroxylation sites is 1. The van der Waals surface area contributed by atoms with E-state index in [1.807, 2.05) is 41.9 Å². The van der Waals surface area contributed by atoms with E-state index < -0.39 is 0 Å². The highest BCUT2D eigenvalue weighted by Crippen LogP contribution is 2.27. The summed E-state index contributed by atoms with van der Waals surface area (Å²) in [5, 5.41) is 2.86. The molecule has 0 saturated carbocycles. The topological polar surface area (TPSA) is 25.2 Å². The molecule has 2 nitrogen and oxygen atoms in total. The molecule has 2 heterocycles. The monoisotopic (exact) mass is 244 g/mol. The molecule has 78 valence electrons. The summed E-state index contributed by atoms with van der Waals surface area (Å²) < 4.78 is 1.18. The molecule has 0 amide bonds. The summed E-state index contributed by atoms with van der Waals surface area (Å²) in [5.74, 6) is 0. The maximum Gasteiger partial charge on any atom is 0.210 e. The van der Waals surface area contributed by atoms with Gasteiger partial charge in [-0.05, 0) is 23.6 Å². The van der Waals surface area contributed by atoms with Gasteiger partial charge in [0.1, 0.15) is 0 Å². The first-order valence-corrected chi connectivity index (χ1v) is 6.54. The second kappa shape index (κ2) is 4.15. The molecule has 1 aromatic carbocycles. The van der Waals surface area contributed by atoms with Gasteiger partial charge in [-0.2, -0.15) is 0 Å². The maximum absolute atomic E-state index is 4.44. The van der Waals surface area contributed by atoms with E-state index in [1.165, 1.54) is 4.70 Å². The summed E-state index contributed by atoms with van der Waals surface area (Å²) >= 11 is 3.29. The minimum Gasteiger partial charge on any atom is -0.226 e. The number of thiazole rings is 1. The Morgan fingerprint density at radius 3 is 2.88 bits per heavy atom. The summed E-state index contributed by atoms with van der Waals surface area (Å²) in [4.78, 5) is 9.97. The quantitative estimate of drug-likeness (QED) is 0.623. The third-order valence-corrected chi connectivity index (χ3v) is 3.88. The molecular weight excluding hydrogens is 236 g/mol. The lowest BCUT2D eigenvalue weighted by Crippen LogP contribution is -1.70. The molecule has 3 aromatic rings. The highest BCUT2D eigenvalue weighted by Gasteiger charge is 2.00. The van der Waals surface area contributed by atoms with Crippen molar-refractivity contribution >= 4 is 44.2 Å². The molecule has 0 atom stereocenters. The molecule has 0 aliphatic heterocycles. The standard InChI is InChI=1S/C12H8N2S2/c1-2-6-11-10(5-1)14-12(16-11)13-8-9-4-3-7-15-9/h1-8H. The first-order chi connectivity index (χ1) is 7.92. The third kappa shape index (κ3) is 1.89. The van der Waals surface area contributed by atoms with E-state index in [0.717, 1.165) is 15.5 Å². The van der Waals surface area contributed by atoms with Crippen molar-refractivity contribution in [3.05, 3.63) is 46.7 Å². The van der Waals surface area contributed by atoms with Crippen LogP contribution in [0.15, 0.2) is 46.8 Å². The summed E-state index contributed by atoms with van der Waals surface area (Å²) in [6, 6.07) is 12.2. The Morgan fingerprint density at radius 1 is 1.12 bits per heavy atom. The van der Waals surface area contributed by atoms with Crippen LogP contribution < -0.4 is 0 Å². The van der Waals surface area contributed by atoms with Gasteiger partial charge in [-0.25, -0.2) is 9.98 Å². The largest absolute Gasteiger partial charge is 0.226 e. The first-order valence-electron chi connectivity index (χ1n) is 4.85. The van der Waals surface area contributed by atoms with Crippen molar-refractivity contribution in [3.63, 3.8) is 0 Å². The summed E-state index contributed by atoms with van der Waals surface area (Å²) in [7, 11) is 0. The van der Waals surface area contributed by atoms with Gasteiger partial charge in [-0.3, -0.25) is 0 Å². The second-order valence-electron chi connectivity index (χ2n) is 3.24. The molecule has 0 bridgehead atoms. The lowest BCUT2D eigenvalue weighted by molar-refractivity contribution is 1.42. The van der Waals surface area contributed by atoms with Gasteiger partial charge in [0.25, 0.3) is 0 Å². The second-order valence-corrected chi connectivity index (χ2v) is 5.23. The van der Waals surface area contributed by atoms with Crippen LogP contribution in [0.2, 0.25) is 0 Å². The molecule has 0 unspecified atom stereocenters. The van der Waals surface area contributed by atoms with Gasteiger partial charge in [-0.1, -0.05) is 29.5 Å². The fraction of sp³-hybridized carbons (Fsp3) is 0. The highest BCUT2D eigenvalue weighted by atomic mass is 32.1. The average Bonchev–Trinajstić information content (AvgIpc) is 2.95. The number of rotatable bonds is 2. The van der Waals surface area contributed by atoms with Gasteiger partial charge in [-0.15, -0.1) is 11.3 Å². The van der Waals surface area contributed by atoms with Crippen LogP contribution in [0.4, 0.5) is 5.13 Å². The van der Waals surface area contributed by atoms with Crippen LogP contribution in [0.1, 0.15) is 4.88 Å². The van der Waals surface area contributed by atoms with Gasteiger partial charge < -0.3 is 0 Å². The van der Waals surface area contributed by atoms with E-state index in [1.54, 1.807) is 22.7 Å². The van der Waals surface area contributed by atoms with Crippen molar-refractivity contribution in [3.8, 4) is 0 Å². The maximum atomic E-state index is 4.44. The average molecular weight is 244 g/mol. The van der Waals surface area contributed by atoms with Crippen LogP contribution in [-0.2, 0) is 0 Å². The van der Waals surface area contributed by atoms with Crippen LogP contribution in [-0.4, -0.2) is 11.2 Å². The molecule has 0 spiro atoms. The smallest absolute Gasteiger partial charge is 0.210 e. The van der Waals surface area contributed by atoms with Crippen molar-refractivity contribution in [1.82, 2.24) is 4.98 Å². The predicted molar refractivity (Wildman–Crippen MR) is 71.2 cm³/mol. The summed E-state index contributed by atoms with van der Waals surface area (Å²) in [6.45, 7) is 0. The molecule has 0 aliphatic rings. The fourth-order valence-corrected chi connectivity index (χ4v) is 2.79. The van der Waals surface area contributed by atoms with Crippen LogP contribution in [0, 0.1) is 0 Å². The fourth-order valence-electron chi connectivity index (χ4n) is 1.40. The van der Waals surface area contributed by atoms with Crippen LogP contribution >= 0.6 is 22.7 Å². The first kappa shape index (κ1) is 9.69. The number of fused-ring (bicyclic) bond motifs is 1. The molecule has 0 saturated heterocycles. The van der Waals surface area contributed by atoms with Crippen LogP contribution in [0.5, 0.6) is 0 Å². The van der Waals surface area contributed by atoms with Gasteiger partial charge in [0.2, 0.25) is 5.13 Å². The molecular formula is C12H8N2S2.